The zero-order valence-corrected chi connectivity index (χ0v) is 13.4. The monoisotopic (exact) mass is 307 g/mol. The van der Waals surface area contributed by atoms with Crippen molar-refractivity contribution in [2.75, 3.05) is 0 Å². The summed E-state index contributed by atoms with van der Waals surface area (Å²) in [5, 5.41) is 12.1. The maximum Gasteiger partial charge on any atom is 0.345 e. The summed E-state index contributed by atoms with van der Waals surface area (Å²) in [5.41, 5.74) is 0.284. The van der Waals surface area contributed by atoms with E-state index in [9.17, 15) is 9.59 Å². The number of carboxylic acids is 1. The molecule has 5 heteroatoms. The molecule has 1 heterocycles. The molecule has 0 spiro atoms. The first-order chi connectivity index (χ1) is 9.74. The van der Waals surface area contributed by atoms with Gasteiger partial charge in [-0.25, -0.2) is 4.79 Å². The van der Waals surface area contributed by atoms with Gasteiger partial charge in [0.25, 0.3) is 5.91 Å². The molecule has 114 valence electrons. The summed E-state index contributed by atoms with van der Waals surface area (Å²) < 4.78 is 0. The molecule has 3 unspecified atom stereocenters. The number of hydrogen-bond acceptors (Lipinski definition) is 3. The van der Waals surface area contributed by atoms with Crippen molar-refractivity contribution in [2.45, 2.75) is 46.1 Å². The number of aromatic carboxylic acids is 1. The lowest BCUT2D eigenvalue weighted by molar-refractivity contribution is 0.0701. The molecule has 1 aromatic rings. The molecule has 2 N–H and O–H groups in total. The van der Waals surface area contributed by atoms with Crippen LogP contribution in [0.5, 0.6) is 0 Å². The van der Waals surface area contributed by atoms with Gasteiger partial charge >= 0.3 is 5.97 Å². The third-order valence-electron chi connectivity index (χ3n) is 5.59. The van der Waals surface area contributed by atoms with Gasteiger partial charge in [0.15, 0.2) is 0 Å². The standard InChI is InChI=1S/C16H21NO3S/c1-15(2)9-6-7-16(3,8-9)14(15)17-12(18)10-4-5-11(21-10)13(19)20/h4-5,9,14H,6-8H2,1-3H3,(H,17,18)(H,19,20). The number of nitrogens with one attached hydrogen (secondary N) is 1. The fourth-order valence-corrected chi connectivity index (χ4v) is 5.19. The SMILES string of the molecule is CC12CCC(C1)C(C)(C)C2NC(=O)c1ccc(C(=O)O)s1. The predicted octanol–water partition coefficient (Wildman–Crippen LogP) is 3.39. The molecule has 0 aliphatic heterocycles. The lowest BCUT2D eigenvalue weighted by Crippen LogP contribution is -2.52. The fourth-order valence-electron chi connectivity index (χ4n) is 4.44. The van der Waals surface area contributed by atoms with Crippen LogP contribution < -0.4 is 5.32 Å². The molecule has 2 bridgehead atoms. The number of hydrogen-bond donors (Lipinski definition) is 2. The van der Waals surface area contributed by atoms with Crippen molar-refractivity contribution in [3.63, 3.8) is 0 Å². The van der Waals surface area contributed by atoms with Crippen LogP contribution in [0.15, 0.2) is 12.1 Å². The van der Waals surface area contributed by atoms with Crippen molar-refractivity contribution in [2.24, 2.45) is 16.7 Å². The summed E-state index contributed by atoms with van der Waals surface area (Å²) in [5.74, 6) is -0.448. The van der Waals surface area contributed by atoms with Crippen LogP contribution in [0.3, 0.4) is 0 Å². The molecular formula is C16H21NO3S. The van der Waals surface area contributed by atoms with Gasteiger partial charge in [-0.05, 0) is 48.1 Å². The summed E-state index contributed by atoms with van der Waals surface area (Å²) in [7, 11) is 0. The second-order valence-electron chi connectivity index (χ2n) is 7.29. The van der Waals surface area contributed by atoms with E-state index in [0.717, 1.165) is 17.8 Å². The Labute approximate surface area is 128 Å². The molecule has 4 nitrogen and oxygen atoms in total. The van der Waals surface area contributed by atoms with Gasteiger partial charge in [-0.3, -0.25) is 4.79 Å². The molecule has 1 amide bonds. The third kappa shape index (κ3) is 2.18. The molecular weight excluding hydrogens is 286 g/mol. The van der Waals surface area contributed by atoms with Gasteiger partial charge in [-0.2, -0.15) is 0 Å². The van der Waals surface area contributed by atoms with Crippen LogP contribution in [0.1, 0.15) is 59.4 Å². The second-order valence-corrected chi connectivity index (χ2v) is 8.37. The smallest absolute Gasteiger partial charge is 0.345 e. The van der Waals surface area contributed by atoms with Crippen LogP contribution in [-0.4, -0.2) is 23.0 Å². The predicted molar refractivity (Wildman–Crippen MR) is 81.8 cm³/mol. The highest BCUT2D eigenvalue weighted by Crippen LogP contribution is 2.62. The molecule has 3 rings (SSSR count). The van der Waals surface area contributed by atoms with Gasteiger partial charge in [0.2, 0.25) is 0 Å². The number of rotatable bonds is 3. The van der Waals surface area contributed by atoms with E-state index in [1.165, 1.54) is 18.9 Å². The van der Waals surface area contributed by atoms with Gasteiger partial charge in [0.05, 0.1) is 4.88 Å². The number of carbonyl (C=O) groups excluding carboxylic acids is 1. The quantitative estimate of drug-likeness (QED) is 0.899. The van der Waals surface area contributed by atoms with E-state index in [0.29, 0.717) is 10.8 Å². The summed E-state index contributed by atoms with van der Waals surface area (Å²) in [4.78, 5) is 24.1. The van der Waals surface area contributed by atoms with Crippen LogP contribution in [0.2, 0.25) is 0 Å². The molecule has 2 fully saturated rings. The maximum atomic E-state index is 12.4. The zero-order valence-electron chi connectivity index (χ0n) is 12.6. The van der Waals surface area contributed by atoms with E-state index in [1.807, 2.05) is 0 Å². The Morgan fingerprint density at radius 1 is 1.29 bits per heavy atom. The molecule has 2 aliphatic carbocycles. The molecule has 2 saturated carbocycles. The number of amides is 1. The van der Waals surface area contributed by atoms with E-state index >= 15 is 0 Å². The Morgan fingerprint density at radius 3 is 2.48 bits per heavy atom. The second kappa shape index (κ2) is 4.57. The summed E-state index contributed by atoms with van der Waals surface area (Å²) in [6.07, 6.45) is 3.59. The average Bonchev–Trinajstić information content (AvgIpc) is 3.05. The highest BCUT2D eigenvalue weighted by Gasteiger charge is 2.59. The average molecular weight is 307 g/mol. The van der Waals surface area contributed by atoms with E-state index < -0.39 is 5.97 Å². The van der Waals surface area contributed by atoms with E-state index in [-0.39, 0.29) is 27.7 Å². The molecule has 21 heavy (non-hydrogen) atoms. The van der Waals surface area contributed by atoms with Gasteiger partial charge in [-0.15, -0.1) is 11.3 Å². The Morgan fingerprint density at radius 2 is 1.95 bits per heavy atom. The Kier molecular flexibility index (Phi) is 3.17. The van der Waals surface area contributed by atoms with Crippen LogP contribution in [0.25, 0.3) is 0 Å². The van der Waals surface area contributed by atoms with Crippen molar-refractivity contribution < 1.29 is 14.7 Å². The maximum absolute atomic E-state index is 12.4. The van der Waals surface area contributed by atoms with Crippen molar-refractivity contribution in [3.05, 3.63) is 21.9 Å². The lowest BCUT2D eigenvalue weighted by Gasteiger charge is -2.43. The first-order valence-electron chi connectivity index (χ1n) is 7.38. The molecule has 3 atom stereocenters. The summed E-state index contributed by atoms with van der Waals surface area (Å²) in [6, 6.07) is 3.26. The van der Waals surface area contributed by atoms with E-state index in [4.69, 9.17) is 5.11 Å². The van der Waals surface area contributed by atoms with Crippen molar-refractivity contribution in [1.82, 2.24) is 5.32 Å². The van der Waals surface area contributed by atoms with Gasteiger partial charge in [0.1, 0.15) is 4.88 Å². The molecule has 0 saturated heterocycles. The highest BCUT2D eigenvalue weighted by molar-refractivity contribution is 7.15. The molecule has 2 aliphatic rings. The lowest BCUT2D eigenvalue weighted by atomic mass is 9.68. The highest BCUT2D eigenvalue weighted by atomic mass is 32.1. The van der Waals surface area contributed by atoms with Crippen LogP contribution in [0.4, 0.5) is 0 Å². The number of carbonyl (C=O) groups is 2. The van der Waals surface area contributed by atoms with Crippen molar-refractivity contribution in [3.8, 4) is 0 Å². The minimum absolute atomic E-state index is 0.107. The normalized spacial score (nSPS) is 33.1. The molecule has 1 aromatic heterocycles. The number of thiophene rings is 1. The van der Waals surface area contributed by atoms with E-state index in [1.54, 1.807) is 6.07 Å². The van der Waals surface area contributed by atoms with Crippen LogP contribution >= 0.6 is 11.3 Å². The van der Waals surface area contributed by atoms with Crippen LogP contribution in [0, 0.1) is 16.7 Å². The Balaban J connectivity index is 1.79. The van der Waals surface area contributed by atoms with Crippen LogP contribution in [-0.2, 0) is 0 Å². The Hall–Kier alpha value is -1.36. The summed E-state index contributed by atoms with van der Waals surface area (Å²) >= 11 is 1.04. The third-order valence-corrected chi connectivity index (χ3v) is 6.66. The molecule has 0 aromatic carbocycles. The zero-order chi connectivity index (χ0) is 15.4. The number of carboxylic acid groups (broad SMARTS) is 1. The van der Waals surface area contributed by atoms with Crippen molar-refractivity contribution >= 4 is 23.2 Å². The fraction of sp³-hybridized carbons (Fsp3) is 0.625. The first-order valence-corrected chi connectivity index (χ1v) is 8.20. The number of fused-ring (bicyclic) bond motifs is 2. The van der Waals surface area contributed by atoms with Gasteiger partial charge < -0.3 is 10.4 Å². The van der Waals surface area contributed by atoms with Crippen molar-refractivity contribution in [1.29, 1.82) is 0 Å². The Bertz CT molecular complexity index is 602. The topological polar surface area (TPSA) is 66.4 Å². The van der Waals surface area contributed by atoms with E-state index in [2.05, 4.69) is 26.1 Å². The van der Waals surface area contributed by atoms with Gasteiger partial charge in [0, 0.05) is 6.04 Å². The van der Waals surface area contributed by atoms with Gasteiger partial charge in [-0.1, -0.05) is 20.8 Å². The largest absolute Gasteiger partial charge is 0.477 e. The summed E-state index contributed by atoms with van der Waals surface area (Å²) in [6.45, 7) is 6.75. The minimum Gasteiger partial charge on any atom is -0.477 e. The molecule has 0 radical (unpaired) electrons. The first kappa shape index (κ1) is 14.6. The minimum atomic E-state index is -0.980.